The summed E-state index contributed by atoms with van der Waals surface area (Å²) in [5.74, 6) is -0.375. The Kier molecular flexibility index (Phi) is 3.74. The summed E-state index contributed by atoms with van der Waals surface area (Å²) in [6.45, 7) is 8.67. The molecular weight excluding hydrogens is 244 g/mol. The number of carbonyl (C=O) groups excluding carboxylic acids is 1. The molecule has 0 aliphatic carbocycles. The summed E-state index contributed by atoms with van der Waals surface area (Å²) in [7, 11) is 0. The largest absolute Gasteiger partial charge is 0.480 e. The quantitative estimate of drug-likeness (QED) is 0.791. The standard InChI is InChI=1S/C14H24N2O3/c1-14(2,3)10-6-8-15(9-10)13(19)16-7-4-5-11(16)12(17)18/h10-11H,4-9H2,1-3H3,(H,17,18)/t10?,11-/m0/s1. The first-order valence-corrected chi connectivity index (χ1v) is 7.09. The topological polar surface area (TPSA) is 60.9 Å². The maximum Gasteiger partial charge on any atom is 0.326 e. The number of aliphatic carboxylic acids is 1. The molecule has 2 atom stereocenters. The number of carbonyl (C=O) groups is 2. The number of nitrogens with zero attached hydrogens (tertiary/aromatic N) is 2. The van der Waals surface area contributed by atoms with Crippen LogP contribution in [-0.4, -0.2) is 52.6 Å². The minimum absolute atomic E-state index is 0.0864. The second kappa shape index (κ2) is 5.02. The molecule has 0 aromatic heterocycles. The molecule has 2 heterocycles. The fourth-order valence-electron chi connectivity index (χ4n) is 3.07. The monoisotopic (exact) mass is 268 g/mol. The second-order valence-electron chi connectivity index (χ2n) is 6.77. The van der Waals surface area contributed by atoms with E-state index in [0.29, 0.717) is 18.9 Å². The van der Waals surface area contributed by atoms with Crippen molar-refractivity contribution in [3.8, 4) is 0 Å². The summed E-state index contributed by atoms with van der Waals surface area (Å²) in [5, 5.41) is 9.14. The van der Waals surface area contributed by atoms with Crippen LogP contribution in [0.15, 0.2) is 0 Å². The SMILES string of the molecule is CC(C)(C)C1CCN(C(=O)N2CCC[C@H]2C(=O)O)C1. The molecule has 19 heavy (non-hydrogen) atoms. The van der Waals surface area contributed by atoms with Gasteiger partial charge in [0.05, 0.1) is 0 Å². The lowest BCUT2D eigenvalue weighted by Crippen LogP contribution is -2.47. The maximum absolute atomic E-state index is 12.4. The highest BCUT2D eigenvalue weighted by molar-refractivity contribution is 5.83. The number of carboxylic acids is 1. The highest BCUT2D eigenvalue weighted by Gasteiger charge is 2.40. The van der Waals surface area contributed by atoms with Crippen LogP contribution in [-0.2, 0) is 4.79 Å². The predicted molar refractivity (Wildman–Crippen MR) is 71.9 cm³/mol. The van der Waals surface area contributed by atoms with Gasteiger partial charge in [0, 0.05) is 19.6 Å². The van der Waals surface area contributed by atoms with Crippen molar-refractivity contribution < 1.29 is 14.7 Å². The molecule has 2 fully saturated rings. The number of carboxylic acid groups (broad SMARTS) is 1. The summed E-state index contributed by atoms with van der Waals surface area (Å²) in [4.78, 5) is 26.9. The fraction of sp³-hybridized carbons (Fsp3) is 0.857. The zero-order valence-electron chi connectivity index (χ0n) is 12.1. The third-order valence-corrected chi connectivity index (χ3v) is 4.47. The normalized spacial score (nSPS) is 27.9. The molecule has 0 radical (unpaired) electrons. The first kappa shape index (κ1) is 14.2. The maximum atomic E-state index is 12.4. The zero-order chi connectivity index (χ0) is 14.2. The van der Waals surface area contributed by atoms with Gasteiger partial charge in [-0.25, -0.2) is 9.59 Å². The number of hydrogen-bond donors (Lipinski definition) is 1. The molecule has 2 aliphatic heterocycles. The van der Waals surface area contributed by atoms with Crippen LogP contribution in [0, 0.1) is 11.3 Å². The molecule has 2 aliphatic rings. The van der Waals surface area contributed by atoms with Gasteiger partial charge in [-0.15, -0.1) is 0 Å². The summed E-state index contributed by atoms with van der Waals surface area (Å²) < 4.78 is 0. The molecule has 2 amide bonds. The van der Waals surface area contributed by atoms with Gasteiger partial charge in [0.15, 0.2) is 0 Å². The van der Waals surface area contributed by atoms with Crippen LogP contribution < -0.4 is 0 Å². The van der Waals surface area contributed by atoms with Gasteiger partial charge in [0.1, 0.15) is 6.04 Å². The van der Waals surface area contributed by atoms with E-state index in [9.17, 15) is 9.59 Å². The third-order valence-electron chi connectivity index (χ3n) is 4.47. The van der Waals surface area contributed by atoms with E-state index in [1.807, 2.05) is 4.90 Å². The Balaban J connectivity index is 2.00. The average molecular weight is 268 g/mol. The van der Waals surface area contributed by atoms with E-state index in [-0.39, 0.29) is 11.4 Å². The van der Waals surface area contributed by atoms with Crippen LogP contribution in [0.25, 0.3) is 0 Å². The molecule has 0 spiro atoms. The molecule has 1 N–H and O–H groups in total. The van der Waals surface area contributed by atoms with Crippen molar-refractivity contribution in [2.75, 3.05) is 19.6 Å². The lowest BCUT2D eigenvalue weighted by atomic mass is 9.80. The first-order chi connectivity index (χ1) is 8.80. The summed E-state index contributed by atoms with van der Waals surface area (Å²) in [6.07, 6.45) is 2.39. The van der Waals surface area contributed by atoms with Crippen molar-refractivity contribution in [1.82, 2.24) is 9.80 Å². The van der Waals surface area contributed by atoms with Gasteiger partial charge in [-0.1, -0.05) is 20.8 Å². The van der Waals surface area contributed by atoms with Crippen molar-refractivity contribution in [1.29, 1.82) is 0 Å². The van der Waals surface area contributed by atoms with E-state index < -0.39 is 12.0 Å². The Bertz CT molecular complexity index is 375. The van der Waals surface area contributed by atoms with E-state index in [1.165, 1.54) is 4.90 Å². The molecule has 0 bridgehead atoms. The zero-order valence-corrected chi connectivity index (χ0v) is 12.1. The van der Waals surface area contributed by atoms with Gasteiger partial charge in [-0.3, -0.25) is 0 Å². The van der Waals surface area contributed by atoms with Gasteiger partial charge < -0.3 is 14.9 Å². The van der Waals surface area contributed by atoms with Crippen molar-refractivity contribution in [2.24, 2.45) is 11.3 Å². The highest BCUT2D eigenvalue weighted by Crippen LogP contribution is 2.34. The molecule has 1 unspecified atom stereocenters. The molecule has 0 saturated carbocycles. The Hall–Kier alpha value is -1.26. The Labute approximate surface area is 114 Å². The summed E-state index contributed by atoms with van der Waals surface area (Å²) in [6, 6.07) is -0.710. The number of rotatable bonds is 1. The van der Waals surface area contributed by atoms with Crippen LogP contribution in [0.2, 0.25) is 0 Å². The molecule has 0 aromatic carbocycles. The third kappa shape index (κ3) is 2.85. The number of amides is 2. The molecule has 0 aromatic rings. The van der Waals surface area contributed by atoms with Gasteiger partial charge in [-0.2, -0.15) is 0 Å². The molecule has 5 heteroatoms. The smallest absolute Gasteiger partial charge is 0.326 e. The van der Waals surface area contributed by atoms with E-state index in [0.717, 1.165) is 25.9 Å². The Morgan fingerprint density at radius 1 is 1.16 bits per heavy atom. The van der Waals surface area contributed by atoms with Crippen LogP contribution in [0.1, 0.15) is 40.0 Å². The van der Waals surface area contributed by atoms with Crippen LogP contribution in [0.5, 0.6) is 0 Å². The van der Waals surface area contributed by atoms with E-state index in [1.54, 1.807) is 0 Å². The lowest BCUT2D eigenvalue weighted by Gasteiger charge is -2.30. The predicted octanol–water partition coefficient (Wildman–Crippen LogP) is 2.02. The summed E-state index contributed by atoms with van der Waals surface area (Å²) in [5.41, 5.74) is 0.201. The van der Waals surface area contributed by atoms with E-state index in [4.69, 9.17) is 5.11 Å². The van der Waals surface area contributed by atoms with Crippen LogP contribution >= 0.6 is 0 Å². The molecule has 2 rings (SSSR count). The van der Waals surface area contributed by atoms with Crippen molar-refractivity contribution >= 4 is 12.0 Å². The molecular formula is C14H24N2O3. The number of hydrogen-bond acceptors (Lipinski definition) is 2. The van der Waals surface area contributed by atoms with Crippen molar-refractivity contribution in [3.05, 3.63) is 0 Å². The lowest BCUT2D eigenvalue weighted by molar-refractivity contribution is -0.141. The van der Waals surface area contributed by atoms with Crippen LogP contribution in [0.3, 0.4) is 0 Å². The molecule has 2 saturated heterocycles. The second-order valence-corrected chi connectivity index (χ2v) is 6.77. The number of likely N-dealkylation sites (tertiary alicyclic amines) is 2. The molecule has 5 nitrogen and oxygen atoms in total. The Morgan fingerprint density at radius 3 is 2.37 bits per heavy atom. The fourth-order valence-corrected chi connectivity index (χ4v) is 3.07. The minimum Gasteiger partial charge on any atom is -0.480 e. The minimum atomic E-state index is -0.877. The van der Waals surface area contributed by atoms with Crippen molar-refractivity contribution in [3.63, 3.8) is 0 Å². The van der Waals surface area contributed by atoms with Gasteiger partial charge in [0.2, 0.25) is 0 Å². The van der Waals surface area contributed by atoms with E-state index >= 15 is 0 Å². The molecule has 108 valence electrons. The summed E-state index contributed by atoms with van der Waals surface area (Å²) >= 11 is 0. The van der Waals surface area contributed by atoms with Gasteiger partial charge in [-0.05, 0) is 30.6 Å². The Morgan fingerprint density at radius 2 is 1.84 bits per heavy atom. The van der Waals surface area contributed by atoms with E-state index in [2.05, 4.69) is 20.8 Å². The first-order valence-electron chi connectivity index (χ1n) is 7.09. The van der Waals surface area contributed by atoms with Gasteiger partial charge in [0.25, 0.3) is 0 Å². The van der Waals surface area contributed by atoms with Gasteiger partial charge >= 0.3 is 12.0 Å². The highest BCUT2D eigenvalue weighted by atomic mass is 16.4. The van der Waals surface area contributed by atoms with Crippen LogP contribution in [0.4, 0.5) is 4.79 Å². The number of urea groups is 1. The van der Waals surface area contributed by atoms with Crippen molar-refractivity contribution in [2.45, 2.75) is 46.1 Å². The average Bonchev–Trinajstić information content (AvgIpc) is 2.96.